The Bertz CT molecular complexity index is 1030. The lowest BCUT2D eigenvalue weighted by Gasteiger charge is -2.45. The maximum Gasteiger partial charge on any atom is 0.147 e. The van der Waals surface area contributed by atoms with Crippen LogP contribution in [0, 0.1) is 17.8 Å². The number of hydrogen-bond donors (Lipinski definition) is 2. The van der Waals surface area contributed by atoms with Gasteiger partial charge in [0, 0.05) is 55.5 Å². The first kappa shape index (κ1) is 20.9. The van der Waals surface area contributed by atoms with Crippen LogP contribution in [0.5, 0.6) is 0 Å². The number of fused-ring (bicyclic) bond motifs is 2. The van der Waals surface area contributed by atoms with E-state index in [9.17, 15) is 9.32 Å². The molecular formula is C22H27ClN6O2S. The van der Waals surface area contributed by atoms with Gasteiger partial charge < -0.3 is 10.4 Å². The Labute approximate surface area is 194 Å². The van der Waals surface area contributed by atoms with Gasteiger partial charge in [-0.2, -0.15) is 0 Å². The molecule has 4 aliphatic rings. The summed E-state index contributed by atoms with van der Waals surface area (Å²) in [4.78, 5) is 20.7. The van der Waals surface area contributed by atoms with Crippen LogP contribution in [-0.2, 0) is 17.2 Å². The van der Waals surface area contributed by atoms with Crippen molar-refractivity contribution in [3.05, 3.63) is 35.3 Å². The number of halogens is 1. The highest BCUT2D eigenvalue weighted by Crippen LogP contribution is 2.48. The topological polar surface area (TPSA) is 104 Å². The number of aliphatic hydroxyl groups excluding tert-OH is 1. The number of hydrogen-bond acceptors (Lipinski definition) is 8. The Hall–Kier alpha value is -1.68. The SMILES string of the molecule is O=[S@]1CCc2ncnc(NC(O)C3CCC3N3CC4CC(c5ncc(Cl)cn5)CC4C3)c21. The quantitative estimate of drug-likeness (QED) is 0.636. The molecule has 10 heteroatoms. The summed E-state index contributed by atoms with van der Waals surface area (Å²) in [5.41, 5.74) is 0.838. The summed E-state index contributed by atoms with van der Waals surface area (Å²) < 4.78 is 12.3. The van der Waals surface area contributed by atoms with E-state index in [1.165, 1.54) is 6.33 Å². The smallest absolute Gasteiger partial charge is 0.147 e. The van der Waals surface area contributed by atoms with Crippen LogP contribution in [0.1, 0.15) is 43.1 Å². The van der Waals surface area contributed by atoms with E-state index in [4.69, 9.17) is 11.6 Å². The largest absolute Gasteiger partial charge is 0.373 e. The molecule has 6 atom stereocenters. The van der Waals surface area contributed by atoms with E-state index in [-0.39, 0.29) is 5.92 Å². The first-order valence-corrected chi connectivity index (χ1v) is 13.1. The Morgan fingerprint density at radius 1 is 1.12 bits per heavy atom. The van der Waals surface area contributed by atoms with E-state index in [2.05, 4.69) is 30.2 Å². The molecule has 2 aromatic heterocycles. The second kappa shape index (κ2) is 8.27. The zero-order valence-electron chi connectivity index (χ0n) is 17.7. The van der Waals surface area contributed by atoms with Crippen molar-refractivity contribution >= 4 is 28.2 Å². The van der Waals surface area contributed by atoms with Gasteiger partial charge in [0.2, 0.25) is 0 Å². The molecule has 2 N–H and O–H groups in total. The van der Waals surface area contributed by atoms with Gasteiger partial charge in [0.25, 0.3) is 0 Å². The molecule has 170 valence electrons. The Kier molecular flexibility index (Phi) is 5.40. The zero-order chi connectivity index (χ0) is 21.8. The van der Waals surface area contributed by atoms with Crippen molar-refractivity contribution in [2.75, 3.05) is 24.2 Å². The fourth-order valence-corrected chi connectivity index (χ4v) is 7.57. The van der Waals surface area contributed by atoms with E-state index in [0.29, 0.717) is 51.7 Å². The number of aromatic nitrogens is 4. The molecule has 0 spiro atoms. The number of likely N-dealkylation sites (tertiary alicyclic amines) is 1. The molecule has 5 unspecified atom stereocenters. The van der Waals surface area contributed by atoms with Crippen molar-refractivity contribution in [2.24, 2.45) is 17.8 Å². The van der Waals surface area contributed by atoms with Crippen LogP contribution in [0.3, 0.4) is 0 Å². The highest BCUT2D eigenvalue weighted by atomic mass is 35.5. The van der Waals surface area contributed by atoms with E-state index >= 15 is 0 Å². The molecule has 6 rings (SSSR count). The minimum Gasteiger partial charge on any atom is -0.373 e. The van der Waals surface area contributed by atoms with Gasteiger partial charge >= 0.3 is 0 Å². The molecule has 4 heterocycles. The van der Waals surface area contributed by atoms with Gasteiger partial charge in [0.1, 0.15) is 29.1 Å². The number of aryl methyl sites for hydroxylation is 1. The molecule has 3 fully saturated rings. The van der Waals surface area contributed by atoms with Crippen molar-refractivity contribution < 1.29 is 9.32 Å². The lowest BCUT2D eigenvalue weighted by molar-refractivity contribution is -0.00501. The van der Waals surface area contributed by atoms with Gasteiger partial charge in [-0.15, -0.1) is 0 Å². The zero-order valence-corrected chi connectivity index (χ0v) is 19.3. The summed E-state index contributed by atoms with van der Waals surface area (Å²) in [5, 5.41) is 14.7. The number of anilines is 1. The number of nitrogens with zero attached hydrogens (tertiary/aromatic N) is 5. The van der Waals surface area contributed by atoms with Crippen LogP contribution in [0.15, 0.2) is 23.6 Å². The van der Waals surface area contributed by atoms with E-state index in [1.807, 2.05) is 0 Å². The third-order valence-electron chi connectivity index (χ3n) is 7.86. The van der Waals surface area contributed by atoms with Crippen molar-refractivity contribution in [2.45, 2.75) is 55.2 Å². The van der Waals surface area contributed by atoms with Crippen molar-refractivity contribution in [3.63, 3.8) is 0 Å². The predicted octanol–water partition coefficient (Wildman–Crippen LogP) is 2.22. The molecular weight excluding hydrogens is 448 g/mol. The normalized spacial score (nSPS) is 34.7. The average Bonchev–Trinajstić information content (AvgIpc) is 3.42. The van der Waals surface area contributed by atoms with Crippen LogP contribution in [0.25, 0.3) is 0 Å². The van der Waals surface area contributed by atoms with Crippen LogP contribution in [-0.4, -0.2) is 65.3 Å². The van der Waals surface area contributed by atoms with Crippen molar-refractivity contribution in [3.8, 4) is 0 Å². The van der Waals surface area contributed by atoms with Crippen molar-refractivity contribution in [1.82, 2.24) is 24.8 Å². The third-order valence-corrected chi connectivity index (χ3v) is 9.52. The van der Waals surface area contributed by atoms with E-state index in [0.717, 1.165) is 50.3 Å². The van der Waals surface area contributed by atoms with E-state index < -0.39 is 17.0 Å². The molecule has 0 bridgehead atoms. The highest BCUT2D eigenvalue weighted by Gasteiger charge is 2.48. The highest BCUT2D eigenvalue weighted by molar-refractivity contribution is 7.85. The minimum atomic E-state index is -1.08. The first-order valence-electron chi connectivity index (χ1n) is 11.4. The lowest BCUT2D eigenvalue weighted by atomic mass is 9.77. The minimum absolute atomic E-state index is 0.157. The van der Waals surface area contributed by atoms with Gasteiger partial charge in [-0.3, -0.25) is 9.11 Å². The molecule has 2 aliphatic carbocycles. The molecule has 2 aliphatic heterocycles. The number of nitrogens with one attached hydrogen (secondary N) is 1. The summed E-state index contributed by atoms with van der Waals surface area (Å²) >= 11 is 5.94. The van der Waals surface area contributed by atoms with Crippen LogP contribution < -0.4 is 5.32 Å². The Morgan fingerprint density at radius 3 is 2.56 bits per heavy atom. The second-order valence-corrected chi connectivity index (χ2v) is 11.5. The standard InChI is InChI=1S/C22H27ClN6O2S/c23-15-7-24-20(25-8-15)12-5-13-9-29(10-14(13)6-12)18-2-1-16(18)22(30)28-21-19-17(26-11-27-21)3-4-32(19)31/h7-8,11-14,16,18,22,30H,1-6,9-10H2,(H,26,27,28)/t12?,13?,14?,16?,18?,22?,32-/m0/s1. The van der Waals surface area contributed by atoms with Crippen LogP contribution >= 0.6 is 11.6 Å². The monoisotopic (exact) mass is 474 g/mol. The molecule has 0 aromatic carbocycles. The third kappa shape index (κ3) is 3.63. The molecule has 0 amide bonds. The predicted molar refractivity (Wildman–Crippen MR) is 121 cm³/mol. The number of rotatable bonds is 5. The Morgan fingerprint density at radius 2 is 1.88 bits per heavy atom. The summed E-state index contributed by atoms with van der Waals surface area (Å²) in [5.74, 6) is 3.96. The molecule has 2 aromatic rings. The van der Waals surface area contributed by atoms with Crippen LogP contribution in [0.4, 0.5) is 5.82 Å². The summed E-state index contributed by atoms with van der Waals surface area (Å²) in [7, 11) is -1.08. The van der Waals surface area contributed by atoms with Crippen LogP contribution in [0.2, 0.25) is 5.02 Å². The molecule has 8 nitrogen and oxygen atoms in total. The van der Waals surface area contributed by atoms with Gasteiger partial charge in [0.15, 0.2) is 0 Å². The summed E-state index contributed by atoms with van der Waals surface area (Å²) in [6.45, 7) is 2.16. The second-order valence-electron chi connectivity index (χ2n) is 9.60. The molecule has 1 saturated heterocycles. The molecule has 32 heavy (non-hydrogen) atoms. The van der Waals surface area contributed by atoms with Gasteiger partial charge in [-0.1, -0.05) is 11.6 Å². The average molecular weight is 475 g/mol. The number of aliphatic hydroxyl groups is 1. The fourth-order valence-electron chi connectivity index (χ4n) is 6.15. The first-order chi connectivity index (χ1) is 15.6. The summed E-state index contributed by atoms with van der Waals surface area (Å²) in [6.07, 6.45) is 9.25. The van der Waals surface area contributed by atoms with Crippen molar-refractivity contribution in [1.29, 1.82) is 0 Å². The lowest BCUT2D eigenvalue weighted by Crippen LogP contribution is -2.53. The van der Waals surface area contributed by atoms with Gasteiger partial charge in [-0.25, -0.2) is 19.9 Å². The maximum absolute atomic E-state index is 12.3. The fraction of sp³-hybridized carbons (Fsp3) is 0.636. The summed E-state index contributed by atoms with van der Waals surface area (Å²) in [6, 6.07) is 0.383. The van der Waals surface area contributed by atoms with Gasteiger partial charge in [0.05, 0.1) is 21.5 Å². The molecule has 2 saturated carbocycles. The van der Waals surface area contributed by atoms with Gasteiger partial charge in [-0.05, 0) is 37.5 Å². The maximum atomic E-state index is 12.3. The van der Waals surface area contributed by atoms with E-state index in [1.54, 1.807) is 12.4 Å². The Balaban J connectivity index is 1.08. The molecule has 0 radical (unpaired) electrons.